The number of hydrogen-bond acceptors (Lipinski definition) is 2. The molecule has 1 rings (SSSR count). The predicted octanol–water partition coefficient (Wildman–Crippen LogP) is 0.288. The van der Waals surface area contributed by atoms with Gasteiger partial charge in [-0.2, -0.15) is 13.1 Å². The van der Waals surface area contributed by atoms with Crippen molar-refractivity contribution in [3.63, 3.8) is 0 Å². The fourth-order valence-corrected chi connectivity index (χ4v) is 1.37. The molecule has 0 fully saturated rings. The maximum atomic E-state index is 10.6. The largest absolute Gasteiger partial charge is 0.274 e. The van der Waals surface area contributed by atoms with Gasteiger partial charge in [-0.3, -0.25) is 0 Å². The van der Waals surface area contributed by atoms with Gasteiger partial charge in [-0.15, -0.1) is 0 Å². The molecule has 0 amide bonds. The third kappa shape index (κ3) is 4.02. The average molecular weight is 200 g/mol. The van der Waals surface area contributed by atoms with Gasteiger partial charge in [0.25, 0.3) is 10.2 Å². The second kappa shape index (κ2) is 3.87. The van der Waals surface area contributed by atoms with Gasteiger partial charge in [0.1, 0.15) is 0 Å². The van der Waals surface area contributed by atoms with E-state index >= 15 is 0 Å². The van der Waals surface area contributed by atoms with Crippen molar-refractivity contribution in [2.45, 2.75) is 13.5 Å². The zero-order valence-electron chi connectivity index (χ0n) is 7.32. The van der Waals surface area contributed by atoms with Crippen molar-refractivity contribution in [3.05, 3.63) is 35.4 Å². The Kier molecular flexibility index (Phi) is 3.02. The minimum absolute atomic E-state index is 0.237. The smallest absolute Gasteiger partial charge is 0.216 e. The van der Waals surface area contributed by atoms with E-state index in [2.05, 4.69) is 4.72 Å². The van der Waals surface area contributed by atoms with E-state index in [1.54, 1.807) is 0 Å². The van der Waals surface area contributed by atoms with E-state index in [0.29, 0.717) is 0 Å². The number of benzene rings is 1. The summed E-state index contributed by atoms with van der Waals surface area (Å²) in [5.74, 6) is 0. The minimum atomic E-state index is -3.59. The molecule has 1 aromatic rings. The van der Waals surface area contributed by atoms with Crippen LogP contribution in [0.3, 0.4) is 0 Å². The summed E-state index contributed by atoms with van der Waals surface area (Å²) < 4.78 is 23.3. The lowest BCUT2D eigenvalue weighted by molar-refractivity contribution is 0.583. The molecule has 0 aliphatic heterocycles. The number of nitrogens with two attached hydrogens (primary N) is 1. The maximum absolute atomic E-state index is 10.6. The second-order valence-corrected chi connectivity index (χ2v) is 4.23. The Morgan fingerprint density at radius 3 is 2.69 bits per heavy atom. The second-order valence-electron chi connectivity index (χ2n) is 2.86. The predicted molar refractivity (Wildman–Crippen MR) is 51.1 cm³/mol. The summed E-state index contributed by atoms with van der Waals surface area (Å²) in [5, 5.41) is 4.78. The van der Waals surface area contributed by atoms with E-state index in [1.165, 1.54) is 0 Å². The van der Waals surface area contributed by atoms with Crippen LogP contribution in [0.25, 0.3) is 0 Å². The van der Waals surface area contributed by atoms with E-state index in [1.807, 2.05) is 31.2 Å². The molecule has 0 spiro atoms. The molecule has 0 saturated carbocycles. The number of hydrogen-bond donors (Lipinski definition) is 2. The molecule has 0 saturated heterocycles. The molecule has 5 heteroatoms. The van der Waals surface area contributed by atoms with Crippen molar-refractivity contribution >= 4 is 10.2 Å². The molecule has 0 radical (unpaired) electrons. The lowest BCUT2D eigenvalue weighted by Gasteiger charge is -2.02. The normalized spacial score (nSPS) is 11.5. The number of aryl methyl sites for hydroxylation is 1. The van der Waals surface area contributed by atoms with Gasteiger partial charge in [0, 0.05) is 6.54 Å². The molecule has 72 valence electrons. The Bertz CT molecular complexity index is 387. The molecule has 1 aromatic carbocycles. The van der Waals surface area contributed by atoms with Crippen LogP contribution in [-0.2, 0) is 16.8 Å². The Morgan fingerprint density at radius 1 is 1.46 bits per heavy atom. The highest BCUT2D eigenvalue weighted by Gasteiger charge is 2.00. The van der Waals surface area contributed by atoms with Crippen LogP contribution in [0.5, 0.6) is 0 Å². The monoisotopic (exact) mass is 200 g/mol. The molecule has 0 aliphatic rings. The summed E-state index contributed by atoms with van der Waals surface area (Å²) in [6.07, 6.45) is 0. The van der Waals surface area contributed by atoms with Crippen molar-refractivity contribution in [2.75, 3.05) is 0 Å². The van der Waals surface area contributed by atoms with Gasteiger partial charge in [0.05, 0.1) is 0 Å². The highest BCUT2D eigenvalue weighted by Crippen LogP contribution is 2.03. The molecule has 0 aliphatic carbocycles. The van der Waals surface area contributed by atoms with Crippen molar-refractivity contribution in [1.82, 2.24) is 4.72 Å². The van der Waals surface area contributed by atoms with E-state index in [9.17, 15) is 8.42 Å². The number of nitrogens with one attached hydrogen (secondary N) is 1. The molecular weight excluding hydrogens is 188 g/mol. The van der Waals surface area contributed by atoms with Crippen molar-refractivity contribution in [1.29, 1.82) is 0 Å². The van der Waals surface area contributed by atoms with Gasteiger partial charge in [-0.1, -0.05) is 29.8 Å². The first-order chi connectivity index (χ1) is 5.97. The summed E-state index contributed by atoms with van der Waals surface area (Å²) in [6.45, 7) is 2.18. The Labute approximate surface area is 77.9 Å². The van der Waals surface area contributed by atoms with Gasteiger partial charge in [0.2, 0.25) is 0 Å². The van der Waals surface area contributed by atoms with Gasteiger partial charge in [0.15, 0.2) is 0 Å². The molecule has 0 atom stereocenters. The SMILES string of the molecule is Cc1cccc(CNS(N)(=O)=O)c1. The van der Waals surface area contributed by atoms with Gasteiger partial charge in [-0.25, -0.2) is 5.14 Å². The van der Waals surface area contributed by atoms with Crippen LogP contribution in [0.2, 0.25) is 0 Å². The van der Waals surface area contributed by atoms with Crippen molar-refractivity contribution in [3.8, 4) is 0 Å². The highest BCUT2D eigenvalue weighted by atomic mass is 32.2. The van der Waals surface area contributed by atoms with Crippen molar-refractivity contribution < 1.29 is 8.42 Å². The van der Waals surface area contributed by atoms with E-state index in [0.717, 1.165) is 11.1 Å². The third-order valence-electron chi connectivity index (χ3n) is 1.56. The molecular formula is C8H12N2O2S. The summed E-state index contributed by atoms with van der Waals surface area (Å²) >= 11 is 0. The molecule has 4 nitrogen and oxygen atoms in total. The van der Waals surface area contributed by atoms with E-state index < -0.39 is 10.2 Å². The molecule has 0 unspecified atom stereocenters. The topological polar surface area (TPSA) is 72.2 Å². The standard InChI is InChI=1S/C8H12N2O2S/c1-7-3-2-4-8(5-7)6-10-13(9,11)12/h2-5,10H,6H2,1H3,(H2,9,11,12). The lowest BCUT2D eigenvalue weighted by Crippen LogP contribution is -2.30. The Hall–Kier alpha value is -0.910. The Balaban J connectivity index is 2.65. The zero-order chi connectivity index (χ0) is 9.90. The summed E-state index contributed by atoms with van der Waals surface area (Å²) in [4.78, 5) is 0. The molecule has 0 bridgehead atoms. The van der Waals surface area contributed by atoms with Crippen LogP contribution < -0.4 is 9.86 Å². The third-order valence-corrected chi connectivity index (χ3v) is 2.11. The molecule has 3 N–H and O–H groups in total. The van der Waals surface area contributed by atoms with Gasteiger partial charge >= 0.3 is 0 Å². The summed E-state index contributed by atoms with van der Waals surface area (Å²) in [7, 11) is -3.59. The molecule has 0 heterocycles. The average Bonchev–Trinajstić information content (AvgIpc) is 2.00. The first-order valence-electron chi connectivity index (χ1n) is 3.80. The maximum Gasteiger partial charge on any atom is 0.274 e. The zero-order valence-corrected chi connectivity index (χ0v) is 8.14. The van der Waals surface area contributed by atoms with Crippen LogP contribution in [0, 0.1) is 6.92 Å². The molecule has 0 aromatic heterocycles. The minimum Gasteiger partial charge on any atom is -0.216 e. The quantitative estimate of drug-likeness (QED) is 0.736. The molecule has 13 heavy (non-hydrogen) atoms. The summed E-state index contributed by atoms with van der Waals surface area (Å²) in [5.41, 5.74) is 1.99. The van der Waals surface area contributed by atoms with Crippen molar-refractivity contribution in [2.24, 2.45) is 5.14 Å². The van der Waals surface area contributed by atoms with Crippen LogP contribution in [-0.4, -0.2) is 8.42 Å². The fourth-order valence-electron chi connectivity index (χ4n) is 1.01. The lowest BCUT2D eigenvalue weighted by atomic mass is 10.1. The Morgan fingerprint density at radius 2 is 2.15 bits per heavy atom. The van der Waals surface area contributed by atoms with Crippen LogP contribution in [0.15, 0.2) is 24.3 Å². The van der Waals surface area contributed by atoms with Crippen LogP contribution in [0.1, 0.15) is 11.1 Å². The van der Waals surface area contributed by atoms with Gasteiger partial charge < -0.3 is 0 Å². The first-order valence-corrected chi connectivity index (χ1v) is 5.35. The summed E-state index contributed by atoms with van der Waals surface area (Å²) in [6, 6.07) is 7.55. The van der Waals surface area contributed by atoms with E-state index in [-0.39, 0.29) is 6.54 Å². The number of rotatable bonds is 3. The van der Waals surface area contributed by atoms with E-state index in [4.69, 9.17) is 5.14 Å². The fraction of sp³-hybridized carbons (Fsp3) is 0.250. The van der Waals surface area contributed by atoms with Crippen LogP contribution in [0.4, 0.5) is 0 Å². The van der Waals surface area contributed by atoms with Crippen LogP contribution >= 0.6 is 0 Å². The highest BCUT2D eigenvalue weighted by molar-refractivity contribution is 7.87. The first kappa shape index (κ1) is 10.2. The van der Waals surface area contributed by atoms with Gasteiger partial charge in [-0.05, 0) is 12.5 Å².